The Balaban J connectivity index is 2.76. The molecule has 0 fully saturated rings. The molecule has 82 valence electrons. The molecule has 0 amide bonds. The fraction of sp³-hybridized carbons (Fsp3) is 0.364. The van der Waals surface area contributed by atoms with Crippen LogP contribution in [0.1, 0.15) is 29.0 Å². The molecular formula is C11H13FO3. The van der Waals surface area contributed by atoms with Crippen LogP contribution in [0.4, 0.5) is 4.39 Å². The number of esters is 1. The van der Waals surface area contributed by atoms with Crippen LogP contribution in [0.5, 0.6) is 0 Å². The predicted molar refractivity (Wildman–Crippen MR) is 53.3 cm³/mol. The maximum absolute atomic E-state index is 13.0. The number of alkyl halides is 1. The minimum Gasteiger partial charge on any atom is -0.462 e. The zero-order chi connectivity index (χ0) is 11.3. The van der Waals surface area contributed by atoms with Crippen molar-refractivity contribution >= 4 is 5.97 Å². The quantitative estimate of drug-likeness (QED) is 0.775. The number of benzene rings is 1. The maximum atomic E-state index is 13.0. The molecule has 1 atom stereocenters. The Kier molecular flexibility index (Phi) is 4.24. The number of hydrogen-bond acceptors (Lipinski definition) is 3. The summed E-state index contributed by atoms with van der Waals surface area (Å²) in [7, 11) is 0. The van der Waals surface area contributed by atoms with Crippen LogP contribution in [0.3, 0.4) is 0 Å². The van der Waals surface area contributed by atoms with Crippen LogP contribution in [-0.2, 0) is 4.74 Å². The summed E-state index contributed by atoms with van der Waals surface area (Å²) in [5.41, 5.74) is 0.733. The number of carbonyl (C=O) groups is 1. The molecule has 0 aliphatic rings. The third-order valence-corrected chi connectivity index (χ3v) is 1.94. The zero-order valence-corrected chi connectivity index (χ0v) is 8.44. The highest BCUT2D eigenvalue weighted by molar-refractivity contribution is 5.89. The number of rotatable bonds is 4. The summed E-state index contributed by atoms with van der Waals surface area (Å²) >= 11 is 0. The number of aliphatic hydroxyl groups is 1. The highest BCUT2D eigenvalue weighted by Crippen LogP contribution is 2.17. The Morgan fingerprint density at radius 2 is 2.07 bits per heavy atom. The van der Waals surface area contributed by atoms with Crippen LogP contribution in [0.25, 0.3) is 0 Å². The largest absolute Gasteiger partial charge is 0.462 e. The van der Waals surface area contributed by atoms with Crippen LogP contribution >= 0.6 is 0 Å². The SMILES string of the molecule is CCOC(=O)c1ccc(C(F)CO)cc1. The molecule has 1 aromatic carbocycles. The van der Waals surface area contributed by atoms with Crippen LogP contribution in [0.2, 0.25) is 0 Å². The average molecular weight is 212 g/mol. The smallest absolute Gasteiger partial charge is 0.338 e. The predicted octanol–water partition coefficient (Wildman–Crippen LogP) is 1.87. The van der Waals surface area contributed by atoms with Crippen LogP contribution < -0.4 is 0 Å². The minimum atomic E-state index is -1.40. The Bertz CT molecular complexity index is 321. The van der Waals surface area contributed by atoms with Gasteiger partial charge in [0.2, 0.25) is 0 Å². The number of hydrogen-bond donors (Lipinski definition) is 1. The zero-order valence-electron chi connectivity index (χ0n) is 8.44. The van der Waals surface area contributed by atoms with E-state index in [1.54, 1.807) is 6.92 Å². The lowest BCUT2D eigenvalue weighted by Gasteiger charge is -2.06. The van der Waals surface area contributed by atoms with Crippen molar-refractivity contribution in [3.05, 3.63) is 35.4 Å². The van der Waals surface area contributed by atoms with Gasteiger partial charge in [0.1, 0.15) is 6.17 Å². The first-order chi connectivity index (χ1) is 7.19. The van der Waals surface area contributed by atoms with Crippen molar-refractivity contribution < 1.29 is 19.0 Å². The highest BCUT2D eigenvalue weighted by Gasteiger charge is 2.10. The summed E-state index contributed by atoms with van der Waals surface area (Å²) in [5.74, 6) is -0.427. The lowest BCUT2D eigenvalue weighted by molar-refractivity contribution is 0.0526. The number of ether oxygens (including phenoxy) is 1. The second-order valence-electron chi connectivity index (χ2n) is 2.99. The third kappa shape index (κ3) is 3.02. The van der Waals surface area contributed by atoms with E-state index < -0.39 is 18.7 Å². The van der Waals surface area contributed by atoms with Crippen LogP contribution in [0.15, 0.2) is 24.3 Å². The van der Waals surface area contributed by atoms with Gasteiger partial charge in [0.15, 0.2) is 0 Å². The Labute approximate surface area is 87.5 Å². The molecule has 0 aromatic heterocycles. The van der Waals surface area contributed by atoms with Crippen molar-refractivity contribution in [1.82, 2.24) is 0 Å². The van der Waals surface area contributed by atoms with E-state index >= 15 is 0 Å². The Morgan fingerprint density at radius 3 is 2.53 bits per heavy atom. The van der Waals surface area contributed by atoms with Gasteiger partial charge < -0.3 is 9.84 Å². The van der Waals surface area contributed by atoms with Gasteiger partial charge >= 0.3 is 5.97 Å². The fourth-order valence-electron chi connectivity index (χ4n) is 1.15. The van der Waals surface area contributed by atoms with Crippen molar-refractivity contribution in [1.29, 1.82) is 0 Å². The van der Waals surface area contributed by atoms with E-state index in [2.05, 4.69) is 0 Å². The summed E-state index contributed by atoms with van der Waals surface area (Å²) in [6.07, 6.45) is -1.40. The summed E-state index contributed by atoms with van der Waals surface area (Å²) in [6, 6.07) is 5.89. The highest BCUT2D eigenvalue weighted by atomic mass is 19.1. The van der Waals surface area contributed by atoms with E-state index in [-0.39, 0.29) is 0 Å². The molecule has 0 spiro atoms. The van der Waals surface area contributed by atoms with Gasteiger partial charge in [-0.1, -0.05) is 12.1 Å². The van der Waals surface area contributed by atoms with E-state index in [0.29, 0.717) is 17.7 Å². The molecule has 0 radical (unpaired) electrons. The second kappa shape index (κ2) is 5.46. The standard InChI is InChI=1S/C11H13FO3/c1-2-15-11(14)9-5-3-8(4-6-9)10(12)7-13/h3-6,10,13H,2,7H2,1H3. The van der Waals surface area contributed by atoms with E-state index in [4.69, 9.17) is 9.84 Å². The van der Waals surface area contributed by atoms with Gasteiger partial charge in [0, 0.05) is 0 Å². The topological polar surface area (TPSA) is 46.5 Å². The van der Waals surface area contributed by atoms with Crippen molar-refractivity contribution in [3.63, 3.8) is 0 Å². The van der Waals surface area contributed by atoms with Gasteiger partial charge in [-0.3, -0.25) is 0 Å². The molecule has 1 aromatic rings. The molecule has 0 aliphatic heterocycles. The summed E-state index contributed by atoms with van der Waals surface area (Å²) in [6.45, 7) is 1.47. The maximum Gasteiger partial charge on any atom is 0.338 e. The van der Waals surface area contributed by atoms with E-state index in [9.17, 15) is 9.18 Å². The van der Waals surface area contributed by atoms with E-state index in [1.165, 1.54) is 24.3 Å². The van der Waals surface area contributed by atoms with E-state index in [0.717, 1.165) is 0 Å². The summed E-state index contributed by atoms with van der Waals surface area (Å²) in [5, 5.41) is 8.58. The van der Waals surface area contributed by atoms with Gasteiger partial charge in [-0.05, 0) is 24.6 Å². The molecule has 4 heteroatoms. The molecule has 0 heterocycles. The third-order valence-electron chi connectivity index (χ3n) is 1.94. The monoisotopic (exact) mass is 212 g/mol. The van der Waals surface area contributed by atoms with Crippen molar-refractivity contribution in [2.24, 2.45) is 0 Å². The second-order valence-corrected chi connectivity index (χ2v) is 2.99. The molecule has 1 N–H and O–H groups in total. The van der Waals surface area contributed by atoms with Crippen molar-refractivity contribution in [3.8, 4) is 0 Å². The van der Waals surface area contributed by atoms with Crippen molar-refractivity contribution in [2.75, 3.05) is 13.2 Å². The lowest BCUT2D eigenvalue weighted by atomic mass is 10.1. The first kappa shape index (κ1) is 11.7. The molecule has 1 rings (SSSR count). The fourth-order valence-corrected chi connectivity index (χ4v) is 1.15. The minimum absolute atomic E-state index is 0.308. The molecule has 0 saturated carbocycles. The van der Waals surface area contributed by atoms with Crippen LogP contribution in [0, 0.1) is 0 Å². The Morgan fingerprint density at radius 1 is 1.47 bits per heavy atom. The number of aliphatic hydroxyl groups excluding tert-OH is 1. The molecule has 1 unspecified atom stereocenters. The summed E-state index contributed by atoms with van der Waals surface area (Å²) < 4.78 is 17.8. The van der Waals surface area contributed by atoms with Gasteiger partial charge in [-0.25, -0.2) is 9.18 Å². The van der Waals surface area contributed by atoms with E-state index in [1.807, 2.05) is 0 Å². The van der Waals surface area contributed by atoms with Gasteiger partial charge in [-0.15, -0.1) is 0 Å². The molecule has 0 aliphatic carbocycles. The van der Waals surface area contributed by atoms with Gasteiger partial charge in [0.25, 0.3) is 0 Å². The van der Waals surface area contributed by atoms with Crippen molar-refractivity contribution in [2.45, 2.75) is 13.1 Å². The molecule has 15 heavy (non-hydrogen) atoms. The lowest BCUT2D eigenvalue weighted by Crippen LogP contribution is -2.05. The number of halogens is 1. The molecular weight excluding hydrogens is 199 g/mol. The molecule has 0 bridgehead atoms. The Hall–Kier alpha value is -1.42. The van der Waals surface area contributed by atoms with Crippen LogP contribution in [-0.4, -0.2) is 24.3 Å². The normalized spacial score (nSPS) is 12.2. The molecule has 3 nitrogen and oxygen atoms in total. The average Bonchev–Trinajstić information content (AvgIpc) is 2.28. The first-order valence-corrected chi connectivity index (χ1v) is 4.71. The first-order valence-electron chi connectivity index (χ1n) is 4.71. The van der Waals surface area contributed by atoms with Gasteiger partial charge in [0.05, 0.1) is 18.8 Å². The molecule has 0 saturated heterocycles. The van der Waals surface area contributed by atoms with Gasteiger partial charge in [-0.2, -0.15) is 0 Å². The number of carbonyl (C=O) groups excluding carboxylic acids is 1. The summed E-state index contributed by atoms with van der Waals surface area (Å²) in [4.78, 5) is 11.2.